The van der Waals surface area contributed by atoms with E-state index in [2.05, 4.69) is 5.43 Å². The fourth-order valence-electron chi connectivity index (χ4n) is 0.360. The molecule has 0 aromatic rings. The summed E-state index contributed by atoms with van der Waals surface area (Å²) in [5.41, 5.74) is 7.76. The van der Waals surface area contributed by atoms with Crippen molar-refractivity contribution in [2.45, 2.75) is 12.5 Å². The van der Waals surface area contributed by atoms with Crippen LogP contribution in [-0.2, 0) is 0 Å². The molecule has 0 aromatic heterocycles. The lowest BCUT2D eigenvalue weighted by atomic mass is 10.2. The quantitative estimate of drug-likeness (QED) is 0.259. The molecular formula is C4H13N3O. The van der Waals surface area contributed by atoms with Crippen molar-refractivity contribution < 1.29 is 5.11 Å². The van der Waals surface area contributed by atoms with E-state index in [0.717, 1.165) is 0 Å². The molecule has 0 heterocycles. The molecule has 0 amide bonds. The van der Waals surface area contributed by atoms with Gasteiger partial charge in [0.1, 0.15) is 0 Å². The molecule has 0 aromatic carbocycles. The molecular weight excluding hydrogens is 106 g/mol. The molecule has 0 aliphatic heterocycles. The van der Waals surface area contributed by atoms with Gasteiger partial charge in [0.2, 0.25) is 0 Å². The van der Waals surface area contributed by atoms with E-state index < -0.39 is 0 Å². The van der Waals surface area contributed by atoms with Gasteiger partial charge in [-0.15, -0.1) is 0 Å². The molecule has 0 fully saturated rings. The van der Waals surface area contributed by atoms with Gasteiger partial charge in [-0.1, -0.05) is 0 Å². The number of rotatable bonds is 4. The highest BCUT2D eigenvalue weighted by Gasteiger charge is 1.96. The van der Waals surface area contributed by atoms with Crippen LogP contribution in [0.25, 0.3) is 0 Å². The predicted molar refractivity (Wildman–Crippen MR) is 31.9 cm³/mol. The van der Waals surface area contributed by atoms with Crippen LogP contribution >= 0.6 is 0 Å². The van der Waals surface area contributed by atoms with Crippen LogP contribution in [0.15, 0.2) is 0 Å². The van der Waals surface area contributed by atoms with Gasteiger partial charge in [-0.05, 0) is 6.42 Å². The van der Waals surface area contributed by atoms with Gasteiger partial charge in [-0.25, -0.2) is 0 Å². The van der Waals surface area contributed by atoms with Crippen molar-refractivity contribution >= 4 is 0 Å². The standard InChI is InChI=1S/C4H13N3O/c5-4(3-8)1-2-7-6/h4,7-8H,1-3,5-6H2. The third kappa shape index (κ3) is 4.01. The Morgan fingerprint density at radius 1 is 1.62 bits per heavy atom. The van der Waals surface area contributed by atoms with Crippen LogP contribution < -0.4 is 17.0 Å². The predicted octanol–water partition coefficient (Wildman–Crippen LogP) is -1.84. The van der Waals surface area contributed by atoms with E-state index in [9.17, 15) is 0 Å². The van der Waals surface area contributed by atoms with Gasteiger partial charge >= 0.3 is 0 Å². The van der Waals surface area contributed by atoms with Crippen LogP contribution in [0.4, 0.5) is 0 Å². The smallest absolute Gasteiger partial charge is 0.0583 e. The van der Waals surface area contributed by atoms with Crippen LogP contribution in [0.3, 0.4) is 0 Å². The zero-order chi connectivity index (χ0) is 6.41. The van der Waals surface area contributed by atoms with Crippen LogP contribution in [0.2, 0.25) is 0 Å². The van der Waals surface area contributed by atoms with Crippen molar-refractivity contribution in [2.75, 3.05) is 13.2 Å². The molecule has 0 aliphatic carbocycles. The minimum atomic E-state index is -0.133. The SMILES string of the molecule is NNCCC(N)CO. The first-order chi connectivity index (χ1) is 3.81. The molecule has 0 spiro atoms. The molecule has 1 atom stereocenters. The summed E-state index contributed by atoms with van der Waals surface area (Å²) in [5.74, 6) is 4.94. The maximum atomic E-state index is 8.37. The Morgan fingerprint density at radius 2 is 2.25 bits per heavy atom. The van der Waals surface area contributed by atoms with Crippen molar-refractivity contribution in [3.63, 3.8) is 0 Å². The fraction of sp³-hybridized carbons (Fsp3) is 1.00. The number of aliphatic hydroxyl groups excluding tert-OH is 1. The second-order valence-corrected chi connectivity index (χ2v) is 1.69. The van der Waals surface area contributed by atoms with Crippen LogP contribution in [0.5, 0.6) is 0 Å². The third-order valence-electron chi connectivity index (χ3n) is 0.894. The van der Waals surface area contributed by atoms with Crippen LogP contribution in [-0.4, -0.2) is 24.3 Å². The van der Waals surface area contributed by atoms with E-state index in [1.165, 1.54) is 0 Å². The summed E-state index contributed by atoms with van der Waals surface area (Å²) < 4.78 is 0. The molecule has 1 unspecified atom stereocenters. The monoisotopic (exact) mass is 119 g/mol. The lowest BCUT2D eigenvalue weighted by Gasteiger charge is -2.04. The first-order valence-electron chi connectivity index (χ1n) is 2.61. The summed E-state index contributed by atoms with van der Waals surface area (Å²) in [6, 6.07) is -0.133. The molecule has 50 valence electrons. The first kappa shape index (κ1) is 7.84. The lowest BCUT2D eigenvalue weighted by Crippen LogP contribution is -2.32. The van der Waals surface area contributed by atoms with Crippen LogP contribution in [0.1, 0.15) is 6.42 Å². The number of hydrogen-bond acceptors (Lipinski definition) is 4. The largest absolute Gasteiger partial charge is 0.395 e. The molecule has 4 nitrogen and oxygen atoms in total. The van der Waals surface area contributed by atoms with E-state index in [-0.39, 0.29) is 12.6 Å². The van der Waals surface area contributed by atoms with Gasteiger partial charge in [-0.3, -0.25) is 11.3 Å². The van der Waals surface area contributed by atoms with Crippen molar-refractivity contribution in [1.29, 1.82) is 0 Å². The summed E-state index contributed by atoms with van der Waals surface area (Å²) >= 11 is 0. The molecule has 4 heteroatoms. The fourth-order valence-corrected chi connectivity index (χ4v) is 0.360. The second kappa shape index (κ2) is 4.99. The maximum Gasteiger partial charge on any atom is 0.0583 e. The zero-order valence-corrected chi connectivity index (χ0v) is 4.80. The zero-order valence-electron chi connectivity index (χ0n) is 4.80. The van der Waals surface area contributed by atoms with Crippen molar-refractivity contribution in [2.24, 2.45) is 11.6 Å². The van der Waals surface area contributed by atoms with E-state index in [4.69, 9.17) is 16.7 Å². The highest BCUT2D eigenvalue weighted by molar-refractivity contribution is 4.58. The minimum absolute atomic E-state index is 0.0294. The molecule has 0 radical (unpaired) electrons. The summed E-state index contributed by atoms with van der Waals surface area (Å²) in [4.78, 5) is 0. The summed E-state index contributed by atoms with van der Waals surface area (Å²) in [6.07, 6.45) is 0.715. The molecule has 0 aliphatic rings. The average Bonchev–Trinajstić information content (AvgIpc) is 1.83. The van der Waals surface area contributed by atoms with Gasteiger partial charge in [0.15, 0.2) is 0 Å². The minimum Gasteiger partial charge on any atom is -0.395 e. The Kier molecular flexibility index (Phi) is 4.89. The lowest BCUT2D eigenvalue weighted by molar-refractivity contribution is 0.259. The van der Waals surface area contributed by atoms with E-state index in [1.807, 2.05) is 0 Å². The Morgan fingerprint density at radius 3 is 2.62 bits per heavy atom. The highest BCUT2D eigenvalue weighted by Crippen LogP contribution is 1.80. The molecule has 6 N–H and O–H groups in total. The highest BCUT2D eigenvalue weighted by atomic mass is 16.3. The summed E-state index contributed by atoms with van der Waals surface area (Å²) in [6.45, 7) is 0.684. The van der Waals surface area contributed by atoms with E-state index in [0.29, 0.717) is 13.0 Å². The first-order valence-corrected chi connectivity index (χ1v) is 2.61. The molecule has 8 heavy (non-hydrogen) atoms. The Bertz CT molecular complexity index is 50.5. The van der Waals surface area contributed by atoms with Gasteiger partial charge < -0.3 is 10.8 Å². The normalized spacial score (nSPS) is 13.9. The van der Waals surface area contributed by atoms with Crippen molar-refractivity contribution in [3.8, 4) is 0 Å². The molecule has 0 saturated carbocycles. The van der Waals surface area contributed by atoms with Crippen LogP contribution in [0, 0.1) is 0 Å². The van der Waals surface area contributed by atoms with Gasteiger partial charge in [0.25, 0.3) is 0 Å². The number of hydrogen-bond donors (Lipinski definition) is 4. The molecule has 0 rings (SSSR count). The Hall–Kier alpha value is -0.160. The topological polar surface area (TPSA) is 84.3 Å². The van der Waals surface area contributed by atoms with E-state index in [1.54, 1.807) is 0 Å². The number of nitrogens with one attached hydrogen (secondary N) is 1. The Labute approximate surface area is 48.8 Å². The average molecular weight is 119 g/mol. The van der Waals surface area contributed by atoms with E-state index >= 15 is 0 Å². The molecule has 0 saturated heterocycles. The molecule has 0 bridgehead atoms. The maximum absolute atomic E-state index is 8.37. The van der Waals surface area contributed by atoms with Crippen molar-refractivity contribution in [1.82, 2.24) is 5.43 Å². The number of aliphatic hydroxyl groups is 1. The number of hydrazine groups is 1. The van der Waals surface area contributed by atoms with Gasteiger partial charge in [-0.2, -0.15) is 0 Å². The third-order valence-corrected chi connectivity index (χ3v) is 0.894. The van der Waals surface area contributed by atoms with Crippen molar-refractivity contribution in [3.05, 3.63) is 0 Å². The summed E-state index contributed by atoms with van der Waals surface area (Å²) in [7, 11) is 0. The Balaban J connectivity index is 2.86. The number of nitrogens with two attached hydrogens (primary N) is 2. The summed E-state index contributed by atoms with van der Waals surface area (Å²) in [5, 5.41) is 8.37. The second-order valence-electron chi connectivity index (χ2n) is 1.69. The van der Waals surface area contributed by atoms with Gasteiger partial charge in [0.05, 0.1) is 6.61 Å². The van der Waals surface area contributed by atoms with Gasteiger partial charge in [0, 0.05) is 12.6 Å².